The van der Waals surface area contributed by atoms with Gasteiger partial charge in [-0.25, -0.2) is 4.79 Å². The minimum atomic E-state index is -0.181. The summed E-state index contributed by atoms with van der Waals surface area (Å²) in [5, 5.41) is 4.30. The van der Waals surface area contributed by atoms with E-state index in [-0.39, 0.29) is 11.6 Å². The SMILES string of the molecule is CCC12COC(=O)N1CCN(Cc1ccc(OC)c(Cn3cccn3)c1)C2. The normalized spacial score (nSPS) is 22.6. The number of nitrogens with zero attached hydrogens (tertiary/aromatic N) is 4. The van der Waals surface area contributed by atoms with Gasteiger partial charge >= 0.3 is 6.09 Å². The van der Waals surface area contributed by atoms with Crippen molar-refractivity contribution < 1.29 is 14.3 Å². The van der Waals surface area contributed by atoms with Crippen LogP contribution in [0.1, 0.15) is 24.5 Å². The highest BCUT2D eigenvalue weighted by molar-refractivity contribution is 5.71. The second kappa shape index (κ2) is 7.23. The van der Waals surface area contributed by atoms with Gasteiger partial charge in [0.1, 0.15) is 12.4 Å². The maximum Gasteiger partial charge on any atom is 0.410 e. The molecule has 0 N–H and O–H groups in total. The number of fused-ring (bicyclic) bond motifs is 1. The molecule has 2 aliphatic rings. The van der Waals surface area contributed by atoms with Crippen LogP contribution < -0.4 is 4.74 Å². The second-order valence-corrected chi connectivity index (χ2v) is 7.34. The van der Waals surface area contributed by atoms with Gasteiger partial charge < -0.3 is 9.47 Å². The molecule has 3 heterocycles. The molecule has 7 nitrogen and oxygen atoms in total. The van der Waals surface area contributed by atoms with Gasteiger partial charge in [-0.3, -0.25) is 14.5 Å². The first-order valence-corrected chi connectivity index (χ1v) is 9.43. The lowest BCUT2D eigenvalue weighted by Crippen LogP contribution is -2.60. The van der Waals surface area contributed by atoms with Crippen LogP contribution in [-0.2, 0) is 17.8 Å². The van der Waals surface area contributed by atoms with Crippen LogP contribution in [-0.4, -0.2) is 64.6 Å². The zero-order chi connectivity index (χ0) is 18.9. The van der Waals surface area contributed by atoms with E-state index in [1.54, 1.807) is 13.3 Å². The number of hydrogen-bond acceptors (Lipinski definition) is 5. The van der Waals surface area contributed by atoms with Crippen molar-refractivity contribution in [3.8, 4) is 5.75 Å². The van der Waals surface area contributed by atoms with Gasteiger partial charge in [-0.2, -0.15) is 5.10 Å². The lowest BCUT2D eigenvalue weighted by atomic mass is 9.92. The predicted molar refractivity (Wildman–Crippen MR) is 101 cm³/mol. The summed E-state index contributed by atoms with van der Waals surface area (Å²) in [6.45, 7) is 6.58. The fourth-order valence-corrected chi connectivity index (χ4v) is 4.16. The zero-order valence-corrected chi connectivity index (χ0v) is 15.9. The summed E-state index contributed by atoms with van der Waals surface area (Å²) in [7, 11) is 1.70. The predicted octanol–water partition coefficient (Wildman–Crippen LogP) is 2.36. The molecular weight excluding hydrogens is 344 g/mol. The maximum atomic E-state index is 12.0. The number of ether oxygens (including phenoxy) is 2. The monoisotopic (exact) mass is 370 g/mol. The number of methoxy groups -OCH3 is 1. The average molecular weight is 370 g/mol. The number of piperazine rings is 1. The van der Waals surface area contributed by atoms with Gasteiger partial charge in [0.05, 0.1) is 19.2 Å². The van der Waals surface area contributed by atoms with Crippen LogP contribution in [0.4, 0.5) is 4.79 Å². The van der Waals surface area contributed by atoms with Gasteiger partial charge in [0.2, 0.25) is 0 Å². The van der Waals surface area contributed by atoms with Crippen LogP contribution in [0, 0.1) is 0 Å². The summed E-state index contributed by atoms with van der Waals surface area (Å²) < 4.78 is 12.8. The number of aromatic nitrogens is 2. The molecule has 144 valence electrons. The van der Waals surface area contributed by atoms with E-state index in [4.69, 9.17) is 9.47 Å². The number of rotatable bonds is 6. The van der Waals surface area contributed by atoms with Crippen LogP contribution in [0.2, 0.25) is 0 Å². The molecule has 1 atom stereocenters. The van der Waals surface area contributed by atoms with E-state index < -0.39 is 0 Å². The van der Waals surface area contributed by atoms with Crippen molar-refractivity contribution in [2.24, 2.45) is 0 Å². The molecule has 0 saturated carbocycles. The van der Waals surface area contributed by atoms with Crippen LogP contribution >= 0.6 is 0 Å². The van der Waals surface area contributed by atoms with E-state index in [1.165, 1.54) is 5.56 Å². The lowest BCUT2D eigenvalue weighted by Gasteiger charge is -2.44. The maximum absolute atomic E-state index is 12.0. The number of hydrogen-bond donors (Lipinski definition) is 0. The third-order valence-electron chi connectivity index (χ3n) is 5.72. The Kier molecular flexibility index (Phi) is 4.78. The third-order valence-corrected chi connectivity index (χ3v) is 5.72. The minimum Gasteiger partial charge on any atom is -0.496 e. The van der Waals surface area contributed by atoms with Gasteiger partial charge in [-0.15, -0.1) is 0 Å². The van der Waals surface area contributed by atoms with Crippen molar-refractivity contribution >= 4 is 6.09 Å². The van der Waals surface area contributed by atoms with Crippen LogP contribution in [0.15, 0.2) is 36.7 Å². The Morgan fingerprint density at radius 1 is 1.30 bits per heavy atom. The van der Waals surface area contributed by atoms with Crippen molar-refractivity contribution in [3.63, 3.8) is 0 Å². The molecule has 1 aromatic carbocycles. The fraction of sp³-hybridized carbons (Fsp3) is 0.500. The van der Waals surface area contributed by atoms with Gasteiger partial charge in [-0.05, 0) is 30.2 Å². The molecule has 1 unspecified atom stereocenters. The van der Waals surface area contributed by atoms with Crippen molar-refractivity contribution in [1.29, 1.82) is 0 Å². The van der Waals surface area contributed by atoms with E-state index in [0.29, 0.717) is 13.2 Å². The van der Waals surface area contributed by atoms with Gasteiger partial charge in [0.15, 0.2) is 0 Å². The molecule has 0 aliphatic carbocycles. The Balaban J connectivity index is 1.50. The molecule has 27 heavy (non-hydrogen) atoms. The van der Waals surface area contributed by atoms with E-state index in [1.807, 2.05) is 27.9 Å². The molecule has 0 spiro atoms. The van der Waals surface area contributed by atoms with Crippen LogP contribution in [0.25, 0.3) is 0 Å². The molecule has 1 amide bonds. The quantitative estimate of drug-likeness (QED) is 0.781. The number of amides is 1. The summed E-state index contributed by atoms with van der Waals surface area (Å²) in [4.78, 5) is 16.3. The number of carbonyl (C=O) groups excluding carboxylic acids is 1. The highest BCUT2D eigenvalue weighted by Crippen LogP contribution is 2.32. The van der Waals surface area contributed by atoms with Gasteiger partial charge in [-0.1, -0.05) is 13.0 Å². The van der Waals surface area contributed by atoms with E-state index in [2.05, 4.69) is 29.1 Å². The minimum absolute atomic E-state index is 0.164. The van der Waals surface area contributed by atoms with Crippen LogP contribution in [0.3, 0.4) is 0 Å². The first-order chi connectivity index (χ1) is 13.1. The summed E-state index contributed by atoms with van der Waals surface area (Å²) in [5.41, 5.74) is 2.17. The van der Waals surface area contributed by atoms with Gasteiger partial charge in [0.25, 0.3) is 0 Å². The van der Waals surface area contributed by atoms with E-state index in [9.17, 15) is 4.79 Å². The molecule has 2 saturated heterocycles. The first-order valence-electron chi connectivity index (χ1n) is 9.43. The number of benzene rings is 1. The standard InChI is InChI=1S/C20H26N4O3/c1-3-20-14-22(9-10-24(20)19(25)27-15-20)12-16-5-6-18(26-2)17(11-16)13-23-8-4-7-21-23/h4-8,11H,3,9-10,12-15H2,1-2H3. The molecule has 2 aliphatic heterocycles. The molecule has 2 fully saturated rings. The van der Waals surface area contributed by atoms with Crippen molar-refractivity contribution in [1.82, 2.24) is 19.6 Å². The third kappa shape index (κ3) is 3.39. The molecule has 7 heteroatoms. The summed E-state index contributed by atoms with van der Waals surface area (Å²) in [6.07, 6.45) is 4.48. The van der Waals surface area contributed by atoms with Crippen molar-refractivity contribution in [2.75, 3.05) is 33.4 Å². The lowest BCUT2D eigenvalue weighted by molar-refractivity contribution is 0.0449. The van der Waals surface area contributed by atoms with Gasteiger partial charge in [0, 0.05) is 44.1 Å². The molecule has 0 radical (unpaired) electrons. The fourth-order valence-electron chi connectivity index (χ4n) is 4.16. The molecule has 4 rings (SSSR count). The Morgan fingerprint density at radius 2 is 2.19 bits per heavy atom. The average Bonchev–Trinajstić information content (AvgIpc) is 3.30. The Bertz CT molecular complexity index is 808. The second-order valence-electron chi connectivity index (χ2n) is 7.34. The van der Waals surface area contributed by atoms with Crippen LogP contribution in [0.5, 0.6) is 5.75 Å². The van der Waals surface area contributed by atoms with Crippen molar-refractivity contribution in [2.45, 2.75) is 32.0 Å². The summed E-state index contributed by atoms with van der Waals surface area (Å²) >= 11 is 0. The molecule has 1 aromatic heterocycles. The largest absolute Gasteiger partial charge is 0.496 e. The van der Waals surface area contributed by atoms with Crippen molar-refractivity contribution in [3.05, 3.63) is 47.8 Å². The Hall–Kier alpha value is -2.54. The Labute approximate surface area is 159 Å². The smallest absolute Gasteiger partial charge is 0.410 e. The highest BCUT2D eigenvalue weighted by atomic mass is 16.6. The number of cyclic esters (lactones) is 1. The highest BCUT2D eigenvalue weighted by Gasteiger charge is 2.49. The van der Waals surface area contributed by atoms with E-state index >= 15 is 0 Å². The topological polar surface area (TPSA) is 59.8 Å². The molecule has 0 bridgehead atoms. The summed E-state index contributed by atoms with van der Waals surface area (Å²) in [5.74, 6) is 0.874. The summed E-state index contributed by atoms with van der Waals surface area (Å²) in [6, 6.07) is 8.27. The molecular formula is C20H26N4O3. The first kappa shape index (κ1) is 17.9. The van der Waals surface area contributed by atoms with E-state index in [0.717, 1.165) is 43.9 Å². The zero-order valence-electron chi connectivity index (χ0n) is 15.9. The molecule has 2 aromatic rings. The Morgan fingerprint density at radius 3 is 2.93 bits per heavy atom. The number of carbonyl (C=O) groups is 1.